The van der Waals surface area contributed by atoms with Gasteiger partial charge in [-0.1, -0.05) is 19.1 Å². The van der Waals surface area contributed by atoms with Crippen molar-refractivity contribution in [2.45, 2.75) is 24.7 Å². The van der Waals surface area contributed by atoms with Gasteiger partial charge in [0.2, 0.25) is 10.0 Å². The van der Waals surface area contributed by atoms with Gasteiger partial charge in [-0.05, 0) is 36.2 Å². The highest BCUT2D eigenvalue weighted by Gasteiger charge is 2.13. The lowest BCUT2D eigenvalue weighted by Gasteiger charge is -2.06. The van der Waals surface area contributed by atoms with Crippen LogP contribution in [0.25, 0.3) is 22.3 Å². The number of sulfonamides is 1. The van der Waals surface area contributed by atoms with E-state index >= 15 is 0 Å². The van der Waals surface area contributed by atoms with Gasteiger partial charge >= 0.3 is 0 Å². The summed E-state index contributed by atoms with van der Waals surface area (Å²) in [6.07, 6.45) is 4.90. The summed E-state index contributed by atoms with van der Waals surface area (Å²) in [6.45, 7) is 2.10. The van der Waals surface area contributed by atoms with Crippen molar-refractivity contribution in [2.75, 3.05) is 13.7 Å². The van der Waals surface area contributed by atoms with E-state index in [1.807, 2.05) is 18.2 Å². The highest BCUT2D eigenvalue weighted by Crippen LogP contribution is 2.23. The molecule has 8 nitrogen and oxygen atoms in total. The van der Waals surface area contributed by atoms with Crippen LogP contribution >= 0.6 is 0 Å². The van der Waals surface area contributed by atoms with Crippen LogP contribution < -0.4 is 9.46 Å². The fraction of sp³-hybridized carbons (Fsp3) is 0.227. The predicted octanol–water partition coefficient (Wildman–Crippen LogP) is 3.11. The van der Waals surface area contributed by atoms with Crippen LogP contribution in [0, 0.1) is 0 Å². The summed E-state index contributed by atoms with van der Waals surface area (Å²) in [5.74, 6) is 1.61. The molecule has 3 aromatic heterocycles. The van der Waals surface area contributed by atoms with Crippen LogP contribution in [0.15, 0.2) is 59.8 Å². The van der Waals surface area contributed by atoms with Crippen LogP contribution in [-0.2, 0) is 22.9 Å². The van der Waals surface area contributed by atoms with Crippen LogP contribution in [0.2, 0.25) is 0 Å². The number of nitrogens with zero attached hydrogens (tertiary/aromatic N) is 3. The van der Waals surface area contributed by atoms with E-state index in [0.29, 0.717) is 18.6 Å². The Labute approximate surface area is 180 Å². The number of hydrogen-bond acceptors (Lipinski definition) is 6. The van der Waals surface area contributed by atoms with Crippen molar-refractivity contribution in [2.24, 2.45) is 0 Å². The van der Waals surface area contributed by atoms with E-state index in [1.54, 1.807) is 50.7 Å². The van der Waals surface area contributed by atoms with Gasteiger partial charge in [-0.3, -0.25) is 4.98 Å². The molecule has 4 aromatic rings. The van der Waals surface area contributed by atoms with Gasteiger partial charge in [0.1, 0.15) is 11.6 Å². The summed E-state index contributed by atoms with van der Waals surface area (Å²) < 4.78 is 31.9. The third-order valence-corrected chi connectivity index (χ3v) is 6.42. The van der Waals surface area contributed by atoms with E-state index in [0.717, 1.165) is 40.3 Å². The van der Waals surface area contributed by atoms with Crippen molar-refractivity contribution in [3.63, 3.8) is 0 Å². The number of fused-ring (bicyclic) bond motifs is 1. The zero-order valence-electron chi connectivity index (χ0n) is 17.3. The molecule has 2 N–H and O–H groups in total. The van der Waals surface area contributed by atoms with Gasteiger partial charge < -0.3 is 9.72 Å². The third-order valence-electron chi connectivity index (χ3n) is 4.86. The van der Waals surface area contributed by atoms with Gasteiger partial charge in [0.25, 0.3) is 0 Å². The van der Waals surface area contributed by atoms with E-state index in [2.05, 4.69) is 24.7 Å². The van der Waals surface area contributed by atoms with Crippen molar-refractivity contribution >= 4 is 21.2 Å². The lowest BCUT2D eigenvalue weighted by atomic mass is 10.1. The highest BCUT2D eigenvalue weighted by atomic mass is 32.2. The molecule has 0 spiro atoms. The second kappa shape index (κ2) is 8.83. The summed E-state index contributed by atoms with van der Waals surface area (Å²) in [7, 11) is -1.83. The smallest absolute Gasteiger partial charge is 0.240 e. The Morgan fingerprint density at radius 3 is 2.58 bits per heavy atom. The maximum atomic E-state index is 12.1. The Morgan fingerprint density at radius 2 is 1.84 bits per heavy atom. The van der Waals surface area contributed by atoms with Gasteiger partial charge in [-0.25, -0.2) is 23.1 Å². The molecule has 0 amide bonds. The number of benzene rings is 1. The average Bonchev–Trinajstić information content (AvgIpc) is 3.20. The predicted molar refractivity (Wildman–Crippen MR) is 118 cm³/mol. The number of methoxy groups -OCH3 is 1. The molecule has 3 heterocycles. The Hall–Kier alpha value is -3.30. The molecule has 0 radical (unpaired) electrons. The first kappa shape index (κ1) is 21.0. The molecule has 0 bridgehead atoms. The first-order valence-corrected chi connectivity index (χ1v) is 11.4. The summed E-state index contributed by atoms with van der Waals surface area (Å²) in [6, 6.07) is 12.4. The molecule has 0 aliphatic heterocycles. The van der Waals surface area contributed by atoms with Gasteiger partial charge in [-0.15, -0.1) is 0 Å². The minimum absolute atomic E-state index is 0.238. The lowest BCUT2D eigenvalue weighted by molar-refractivity contribution is 0.413. The van der Waals surface area contributed by atoms with Crippen molar-refractivity contribution in [3.05, 3.63) is 66.4 Å². The number of hydrogen-bond donors (Lipinski definition) is 2. The first-order chi connectivity index (χ1) is 15.0. The topological polar surface area (TPSA) is 110 Å². The third kappa shape index (κ3) is 4.73. The fourth-order valence-electron chi connectivity index (χ4n) is 3.29. The molecular formula is C22H23N5O3S. The van der Waals surface area contributed by atoms with E-state index in [1.165, 1.54) is 0 Å². The summed E-state index contributed by atoms with van der Waals surface area (Å²) in [5, 5.41) is 0. The van der Waals surface area contributed by atoms with E-state index < -0.39 is 10.0 Å². The van der Waals surface area contributed by atoms with Crippen LogP contribution in [0.4, 0.5) is 0 Å². The maximum Gasteiger partial charge on any atom is 0.240 e. The second-order valence-electron chi connectivity index (χ2n) is 6.99. The minimum Gasteiger partial charge on any atom is -0.497 e. The molecule has 0 aliphatic rings. The minimum atomic E-state index is -3.47. The lowest BCUT2D eigenvalue weighted by Crippen LogP contribution is -2.22. The van der Waals surface area contributed by atoms with Crippen molar-refractivity contribution in [3.8, 4) is 16.9 Å². The molecule has 0 saturated carbocycles. The summed E-state index contributed by atoms with van der Waals surface area (Å²) >= 11 is 0. The van der Waals surface area contributed by atoms with Crippen molar-refractivity contribution in [1.29, 1.82) is 0 Å². The number of pyridine rings is 2. The zero-order chi connectivity index (χ0) is 21.8. The summed E-state index contributed by atoms with van der Waals surface area (Å²) in [4.78, 5) is 16.9. The van der Waals surface area contributed by atoms with Gasteiger partial charge in [0, 0.05) is 42.7 Å². The number of H-pyrrole nitrogens is 1. The van der Waals surface area contributed by atoms with Crippen molar-refractivity contribution in [1.82, 2.24) is 24.7 Å². The molecule has 0 unspecified atom stereocenters. The normalized spacial score (nSPS) is 11.7. The molecule has 31 heavy (non-hydrogen) atoms. The first-order valence-electron chi connectivity index (χ1n) is 9.92. The Balaban J connectivity index is 1.52. The molecule has 0 aliphatic carbocycles. The summed E-state index contributed by atoms with van der Waals surface area (Å²) in [5.41, 5.74) is 4.16. The largest absolute Gasteiger partial charge is 0.497 e. The number of rotatable bonds is 8. The number of aromatic nitrogens is 4. The standard InChI is InChI=1S/C22H23N5O3S/c1-3-25-31(28,29)19-7-4-15(5-8-19)16-12-20-22(24-14-16)27-21(26-20)9-6-17-13-18(30-2)10-11-23-17/h4-5,7-8,10-14,25H,3,6,9H2,1-2H3,(H,24,26,27). The molecule has 0 saturated heterocycles. The fourth-order valence-corrected chi connectivity index (χ4v) is 4.33. The number of aryl methyl sites for hydroxylation is 2. The molecule has 4 rings (SSSR count). The number of nitrogens with one attached hydrogen (secondary N) is 2. The van der Waals surface area contributed by atoms with Gasteiger partial charge in [0.15, 0.2) is 5.65 Å². The number of ether oxygens (including phenoxy) is 1. The van der Waals surface area contributed by atoms with Gasteiger partial charge in [-0.2, -0.15) is 0 Å². The number of aromatic amines is 1. The van der Waals surface area contributed by atoms with Crippen LogP contribution in [0.1, 0.15) is 18.4 Å². The maximum absolute atomic E-state index is 12.1. The van der Waals surface area contributed by atoms with Gasteiger partial charge in [0.05, 0.1) is 17.5 Å². The molecule has 160 valence electrons. The Kier molecular flexibility index (Phi) is 5.97. The average molecular weight is 438 g/mol. The molecule has 0 atom stereocenters. The van der Waals surface area contributed by atoms with Crippen molar-refractivity contribution < 1.29 is 13.2 Å². The van der Waals surface area contributed by atoms with Crippen LogP contribution in [0.3, 0.4) is 0 Å². The van der Waals surface area contributed by atoms with E-state index in [-0.39, 0.29) is 4.90 Å². The Bertz CT molecular complexity index is 1300. The Morgan fingerprint density at radius 1 is 1.03 bits per heavy atom. The second-order valence-corrected chi connectivity index (χ2v) is 8.76. The molecule has 0 fully saturated rings. The van der Waals surface area contributed by atoms with Crippen LogP contribution in [-0.4, -0.2) is 42.0 Å². The molecule has 9 heteroatoms. The van der Waals surface area contributed by atoms with E-state index in [4.69, 9.17) is 4.74 Å². The number of imidazole rings is 1. The zero-order valence-corrected chi connectivity index (χ0v) is 18.1. The highest BCUT2D eigenvalue weighted by molar-refractivity contribution is 7.89. The monoisotopic (exact) mass is 437 g/mol. The molecular weight excluding hydrogens is 414 g/mol. The molecule has 1 aromatic carbocycles. The quantitative estimate of drug-likeness (QED) is 0.438. The SMILES string of the molecule is CCNS(=O)(=O)c1ccc(-c2cnc3nc(CCc4cc(OC)ccn4)[nH]c3c2)cc1. The van der Waals surface area contributed by atoms with E-state index in [9.17, 15) is 8.42 Å². The van der Waals surface area contributed by atoms with Crippen LogP contribution in [0.5, 0.6) is 5.75 Å².